The van der Waals surface area contributed by atoms with Gasteiger partial charge in [0.2, 0.25) is 0 Å². The van der Waals surface area contributed by atoms with E-state index in [4.69, 9.17) is 9.15 Å². The molecule has 0 aliphatic heterocycles. The molecular formula is C14H15NO3. The Hall–Kier alpha value is -2.10. The Bertz CT molecular complexity index is 628. The summed E-state index contributed by atoms with van der Waals surface area (Å²) < 4.78 is 10.1. The van der Waals surface area contributed by atoms with Crippen molar-refractivity contribution in [2.75, 3.05) is 6.61 Å². The third-order valence-electron chi connectivity index (χ3n) is 2.45. The minimum atomic E-state index is -0.421. The van der Waals surface area contributed by atoms with E-state index in [9.17, 15) is 4.79 Å². The summed E-state index contributed by atoms with van der Waals surface area (Å²) >= 11 is 0. The molecule has 0 aliphatic carbocycles. The van der Waals surface area contributed by atoms with Crippen LogP contribution in [0.5, 0.6) is 6.08 Å². The number of rotatable bonds is 4. The fourth-order valence-electron chi connectivity index (χ4n) is 1.61. The molecule has 0 unspecified atom stereocenters. The van der Waals surface area contributed by atoms with E-state index in [0.717, 1.165) is 12.0 Å². The second-order valence-corrected chi connectivity index (χ2v) is 3.79. The summed E-state index contributed by atoms with van der Waals surface area (Å²) in [5.41, 5.74) is 1.13. The van der Waals surface area contributed by atoms with Gasteiger partial charge >= 0.3 is 11.7 Å². The van der Waals surface area contributed by atoms with Crippen molar-refractivity contribution in [1.82, 2.24) is 4.98 Å². The number of allylic oxidation sites excluding steroid dienone is 1. The van der Waals surface area contributed by atoms with E-state index in [1.54, 1.807) is 12.1 Å². The van der Waals surface area contributed by atoms with Gasteiger partial charge in [-0.05, 0) is 31.0 Å². The molecule has 2 aromatic rings. The Balaban J connectivity index is 2.51. The SMILES string of the molecule is CC/C=C/c1ccc2nc(OCC)oc(=O)c2c1. The molecule has 4 heteroatoms. The third-order valence-corrected chi connectivity index (χ3v) is 2.45. The van der Waals surface area contributed by atoms with Crippen molar-refractivity contribution in [3.05, 3.63) is 40.3 Å². The first-order chi connectivity index (χ1) is 8.74. The fraction of sp³-hybridized carbons (Fsp3) is 0.286. The molecule has 1 aromatic heterocycles. The number of aromatic nitrogens is 1. The van der Waals surface area contributed by atoms with Crippen molar-refractivity contribution in [2.24, 2.45) is 0 Å². The van der Waals surface area contributed by atoms with Gasteiger partial charge in [-0.2, -0.15) is 4.98 Å². The van der Waals surface area contributed by atoms with Gasteiger partial charge in [0.1, 0.15) is 0 Å². The predicted octanol–water partition coefficient (Wildman–Crippen LogP) is 3.01. The lowest BCUT2D eigenvalue weighted by Crippen LogP contribution is -2.05. The first-order valence-electron chi connectivity index (χ1n) is 5.98. The molecule has 1 aromatic carbocycles. The molecule has 94 valence electrons. The number of ether oxygens (including phenoxy) is 1. The van der Waals surface area contributed by atoms with E-state index in [-0.39, 0.29) is 6.08 Å². The molecule has 0 fully saturated rings. The highest BCUT2D eigenvalue weighted by atomic mass is 16.6. The summed E-state index contributed by atoms with van der Waals surface area (Å²) in [7, 11) is 0. The molecule has 4 nitrogen and oxygen atoms in total. The second kappa shape index (κ2) is 5.49. The first-order valence-corrected chi connectivity index (χ1v) is 5.98. The number of nitrogens with zero attached hydrogens (tertiary/aromatic N) is 1. The fourth-order valence-corrected chi connectivity index (χ4v) is 1.61. The van der Waals surface area contributed by atoms with Gasteiger partial charge in [0.15, 0.2) is 0 Å². The van der Waals surface area contributed by atoms with Crippen LogP contribution in [0.1, 0.15) is 25.8 Å². The molecule has 0 N–H and O–H groups in total. The van der Waals surface area contributed by atoms with Crippen molar-refractivity contribution in [3.63, 3.8) is 0 Å². The highest BCUT2D eigenvalue weighted by molar-refractivity contribution is 5.80. The predicted molar refractivity (Wildman–Crippen MR) is 70.8 cm³/mol. The van der Waals surface area contributed by atoms with Crippen molar-refractivity contribution in [2.45, 2.75) is 20.3 Å². The topological polar surface area (TPSA) is 52.3 Å². The van der Waals surface area contributed by atoms with Gasteiger partial charge in [-0.15, -0.1) is 0 Å². The Kier molecular flexibility index (Phi) is 3.77. The van der Waals surface area contributed by atoms with Crippen molar-refractivity contribution >= 4 is 17.0 Å². The second-order valence-electron chi connectivity index (χ2n) is 3.79. The van der Waals surface area contributed by atoms with E-state index in [1.165, 1.54) is 0 Å². The maximum atomic E-state index is 11.8. The average Bonchev–Trinajstić information content (AvgIpc) is 2.37. The van der Waals surface area contributed by atoms with Gasteiger partial charge < -0.3 is 9.15 Å². The minimum Gasteiger partial charge on any atom is -0.450 e. The molecule has 0 atom stereocenters. The average molecular weight is 245 g/mol. The van der Waals surface area contributed by atoms with Crippen LogP contribution in [0.4, 0.5) is 0 Å². The maximum Gasteiger partial charge on any atom is 0.397 e. The number of benzene rings is 1. The lowest BCUT2D eigenvalue weighted by molar-refractivity contribution is 0.229. The molecule has 0 spiro atoms. The van der Waals surface area contributed by atoms with E-state index < -0.39 is 5.63 Å². The monoisotopic (exact) mass is 245 g/mol. The zero-order valence-electron chi connectivity index (χ0n) is 10.5. The quantitative estimate of drug-likeness (QED) is 0.830. The van der Waals surface area contributed by atoms with E-state index in [2.05, 4.69) is 11.9 Å². The lowest BCUT2D eigenvalue weighted by atomic mass is 10.1. The molecule has 0 aliphatic rings. The van der Waals surface area contributed by atoms with Crippen LogP contribution in [-0.4, -0.2) is 11.6 Å². The van der Waals surface area contributed by atoms with Gasteiger partial charge in [0, 0.05) is 0 Å². The summed E-state index contributed by atoms with van der Waals surface area (Å²) in [6.45, 7) is 4.28. The number of hydrogen-bond donors (Lipinski definition) is 0. The highest BCUT2D eigenvalue weighted by Crippen LogP contribution is 2.15. The molecular weight excluding hydrogens is 230 g/mol. The van der Waals surface area contributed by atoms with Crippen LogP contribution in [0.25, 0.3) is 17.0 Å². The van der Waals surface area contributed by atoms with Crippen molar-refractivity contribution < 1.29 is 9.15 Å². The lowest BCUT2D eigenvalue weighted by Gasteiger charge is -2.02. The standard InChI is InChI=1S/C14H15NO3/c1-3-5-6-10-7-8-12-11(9-10)13(16)18-14(15-12)17-4-2/h5-9H,3-4H2,1-2H3/b6-5+. The summed E-state index contributed by atoms with van der Waals surface area (Å²) in [4.78, 5) is 15.9. The van der Waals surface area contributed by atoms with Gasteiger partial charge in [0.25, 0.3) is 0 Å². The summed E-state index contributed by atoms with van der Waals surface area (Å²) in [6.07, 6.45) is 4.97. The maximum absolute atomic E-state index is 11.8. The summed E-state index contributed by atoms with van der Waals surface area (Å²) in [6, 6.07) is 5.48. The Morgan fingerprint density at radius 2 is 2.22 bits per heavy atom. The number of fused-ring (bicyclic) bond motifs is 1. The van der Waals surface area contributed by atoms with Gasteiger partial charge in [-0.3, -0.25) is 0 Å². The van der Waals surface area contributed by atoms with Crippen LogP contribution in [0.2, 0.25) is 0 Å². The summed E-state index contributed by atoms with van der Waals surface area (Å²) in [5, 5.41) is 0.469. The van der Waals surface area contributed by atoms with Crippen LogP contribution < -0.4 is 10.4 Å². The van der Waals surface area contributed by atoms with Gasteiger partial charge in [-0.25, -0.2) is 4.79 Å². The van der Waals surface area contributed by atoms with Crippen LogP contribution >= 0.6 is 0 Å². The van der Waals surface area contributed by atoms with Gasteiger partial charge in [-0.1, -0.05) is 25.1 Å². The van der Waals surface area contributed by atoms with Crippen molar-refractivity contribution in [1.29, 1.82) is 0 Å². The van der Waals surface area contributed by atoms with Crippen LogP contribution in [0.15, 0.2) is 33.5 Å². The minimum absolute atomic E-state index is 0.0202. The normalized spacial score (nSPS) is 11.2. The molecule has 18 heavy (non-hydrogen) atoms. The largest absolute Gasteiger partial charge is 0.450 e. The van der Waals surface area contributed by atoms with Gasteiger partial charge in [0.05, 0.1) is 17.5 Å². The first kappa shape index (κ1) is 12.4. The Morgan fingerprint density at radius 1 is 1.39 bits per heavy atom. The molecule has 0 bridgehead atoms. The van der Waals surface area contributed by atoms with E-state index >= 15 is 0 Å². The molecule has 0 saturated heterocycles. The third kappa shape index (κ3) is 2.59. The van der Waals surface area contributed by atoms with Crippen LogP contribution in [-0.2, 0) is 0 Å². The van der Waals surface area contributed by atoms with Crippen LogP contribution in [0, 0.1) is 0 Å². The molecule has 1 heterocycles. The van der Waals surface area contributed by atoms with Crippen molar-refractivity contribution in [3.8, 4) is 6.08 Å². The molecule has 0 saturated carbocycles. The Labute approximate surface area is 105 Å². The molecule has 0 amide bonds. The zero-order valence-corrected chi connectivity index (χ0v) is 10.5. The smallest absolute Gasteiger partial charge is 0.397 e. The molecule has 0 radical (unpaired) electrons. The van der Waals surface area contributed by atoms with Crippen LogP contribution in [0.3, 0.4) is 0 Å². The van der Waals surface area contributed by atoms with E-state index in [1.807, 2.05) is 25.1 Å². The molecule has 2 rings (SSSR count). The van der Waals surface area contributed by atoms with E-state index in [0.29, 0.717) is 17.5 Å². The zero-order chi connectivity index (χ0) is 13.0. The Morgan fingerprint density at radius 3 is 2.94 bits per heavy atom. The summed E-state index contributed by atoms with van der Waals surface area (Å²) in [5.74, 6) is 0. The number of hydrogen-bond acceptors (Lipinski definition) is 4. The highest BCUT2D eigenvalue weighted by Gasteiger charge is 2.06.